The van der Waals surface area contributed by atoms with Crippen LogP contribution >= 0.6 is 0 Å². The summed E-state index contributed by atoms with van der Waals surface area (Å²) in [6, 6.07) is 0. The van der Waals surface area contributed by atoms with E-state index < -0.39 is 0 Å². The van der Waals surface area contributed by atoms with E-state index >= 15 is 0 Å². The van der Waals surface area contributed by atoms with E-state index in [1.165, 1.54) is 51.4 Å². The Labute approximate surface area is 203 Å². The van der Waals surface area contributed by atoms with E-state index in [9.17, 15) is 15.3 Å². The zero-order chi connectivity index (χ0) is 24.0. The molecule has 190 valence electrons. The second kappa shape index (κ2) is 7.69. The zero-order valence-corrected chi connectivity index (χ0v) is 22.4. The number of fused-ring (bicyclic) bond motifs is 7. The smallest absolute Gasteiger partial charge is 0.0594 e. The molecule has 3 heteroatoms. The number of aliphatic hydroxyl groups is 3. The molecule has 33 heavy (non-hydrogen) atoms. The van der Waals surface area contributed by atoms with E-state index in [0.29, 0.717) is 52.4 Å². The number of aliphatic hydroxyl groups excluding tert-OH is 3. The largest absolute Gasteiger partial charge is 0.396 e. The van der Waals surface area contributed by atoms with Gasteiger partial charge in [0.15, 0.2) is 0 Å². The third kappa shape index (κ3) is 2.97. The summed E-state index contributed by atoms with van der Waals surface area (Å²) in [5, 5.41) is 31.7. The van der Waals surface area contributed by atoms with Gasteiger partial charge < -0.3 is 15.3 Å². The topological polar surface area (TPSA) is 60.7 Å². The molecule has 3 nitrogen and oxygen atoms in total. The van der Waals surface area contributed by atoms with Crippen molar-refractivity contribution in [1.29, 1.82) is 0 Å². The minimum absolute atomic E-state index is 0.0117. The van der Waals surface area contributed by atoms with Crippen LogP contribution < -0.4 is 0 Å². The quantitative estimate of drug-likeness (QED) is 0.480. The lowest BCUT2D eigenvalue weighted by molar-refractivity contribution is -0.251. The first kappa shape index (κ1) is 24.6. The van der Waals surface area contributed by atoms with Crippen molar-refractivity contribution in [3.05, 3.63) is 0 Å². The van der Waals surface area contributed by atoms with Gasteiger partial charge in [0.1, 0.15) is 0 Å². The standard InChI is InChI=1S/C30H52O3/c1-19(17-31)20-9-14-30(18-32)16-15-28(5)21(25(20)30)7-8-23-27(4)12-11-24(33)26(2,3)22(27)10-13-29(23,28)6/h19-25,31-33H,7-18H2,1-6H3/t19-,20-,21+,22-,23+,24-,25+,27-,28+,29+,30+/m0/s1. The van der Waals surface area contributed by atoms with Crippen LogP contribution in [0, 0.1) is 62.6 Å². The molecule has 5 fully saturated rings. The second-order valence-corrected chi connectivity index (χ2v) is 15.0. The van der Waals surface area contributed by atoms with Gasteiger partial charge in [0.2, 0.25) is 0 Å². The van der Waals surface area contributed by atoms with Crippen molar-refractivity contribution in [2.75, 3.05) is 13.2 Å². The highest BCUT2D eigenvalue weighted by Gasteiger charge is 2.70. The van der Waals surface area contributed by atoms with Crippen LogP contribution in [0.2, 0.25) is 0 Å². The Morgan fingerprint density at radius 1 is 0.758 bits per heavy atom. The molecule has 5 rings (SSSR count). The molecule has 11 atom stereocenters. The molecule has 0 amide bonds. The fourth-order valence-corrected chi connectivity index (χ4v) is 11.8. The predicted octanol–water partition coefficient (Wildman–Crippen LogP) is 6.05. The molecule has 0 aromatic rings. The molecule has 0 unspecified atom stereocenters. The molecule has 0 bridgehead atoms. The maximum atomic E-state index is 10.9. The molecule has 5 saturated carbocycles. The fraction of sp³-hybridized carbons (Fsp3) is 1.00. The van der Waals surface area contributed by atoms with Crippen LogP contribution in [0.5, 0.6) is 0 Å². The number of hydrogen-bond acceptors (Lipinski definition) is 3. The van der Waals surface area contributed by atoms with Crippen molar-refractivity contribution in [1.82, 2.24) is 0 Å². The monoisotopic (exact) mass is 460 g/mol. The number of rotatable bonds is 3. The SMILES string of the molecule is C[C@@H](CO)[C@@H]1CC[C@]2(CO)CC[C@]3(C)[C@H](CC[C@@H]4[C@@]5(C)CC[C@H](O)C(C)(C)[C@@H]5CC[C@]43C)[C@@H]12. The highest BCUT2D eigenvalue weighted by atomic mass is 16.3. The lowest BCUT2D eigenvalue weighted by Crippen LogP contribution is -2.66. The minimum atomic E-state index is -0.161. The van der Waals surface area contributed by atoms with Crippen molar-refractivity contribution in [3.8, 4) is 0 Å². The van der Waals surface area contributed by atoms with Gasteiger partial charge >= 0.3 is 0 Å². The highest BCUT2D eigenvalue weighted by Crippen LogP contribution is 2.77. The van der Waals surface area contributed by atoms with Crippen molar-refractivity contribution < 1.29 is 15.3 Å². The normalized spacial score (nSPS) is 56.3. The Kier molecular flexibility index (Phi) is 5.72. The van der Waals surface area contributed by atoms with Gasteiger partial charge in [-0.25, -0.2) is 0 Å². The summed E-state index contributed by atoms with van der Waals surface area (Å²) in [5.74, 6) is 3.47. The van der Waals surface area contributed by atoms with Crippen LogP contribution in [-0.4, -0.2) is 34.6 Å². The molecule has 0 aromatic heterocycles. The van der Waals surface area contributed by atoms with E-state index in [4.69, 9.17) is 0 Å². The van der Waals surface area contributed by atoms with E-state index in [-0.39, 0.29) is 23.5 Å². The molecule has 0 aliphatic heterocycles. The van der Waals surface area contributed by atoms with Crippen LogP contribution in [0.1, 0.15) is 106 Å². The first-order chi connectivity index (χ1) is 15.4. The van der Waals surface area contributed by atoms with Gasteiger partial charge in [0, 0.05) is 13.2 Å². The third-order valence-electron chi connectivity index (χ3n) is 14.0. The molecule has 0 aromatic carbocycles. The second-order valence-electron chi connectivity index (χ2n) is 15.0. The van der Waals surface area contributed by atoms with Crippen molar-refractivity contribution in [3.63, 3.8) is 0 Å². The predicted molar refractivity (Wildman–Crippen MR) is 133 cm³/mol. The van der Waals surface area contributed by atoms with E-state index in [1.54, 1.807) is 0 Å². The Morgan fingerprint density at radius 2 is 1.48 bits per heavy atom. The van der Waals surface area contributed by atoms with Crippen molar-refractivity contribution in [2.24, 2.45) is 62.6 Å². The molecule has 5 aliphatic carbocycles. The molecule has 5 aliphatic rings. The zero-order valence-electron chi connectivity index (χ0n) is 22.4. The molecule has 3 N–H and O–H groups in total. The van der Waals surface area contributed by atoms with E-state index in [0.717, 1.165) is 18.8 Å². The first-order valence-electron chi connectivity index (χ1n) is 14.3. The Balaban J connectivity index is 1.54. The van der Waals surface area contributed by atoms with Crippen molar-refractivity contribution >= 4 is 0 Å². The molecule has 0 heterocycles. The van der Waals surface area contributed by atoms with E-state index in [1.807, 2.05) is 0 Å². The summed E-state index contributed by atoms with van der Waals surface area (Å²) in [6.07, 6.45) is 11.9. The lowest BCUT2D eigenvalue weighted by atomic mass is 9.32. The first-order valence-corrected chi connectivity index (χ1v) is 14.3. The summed E-state index contributed by atoms with van der Waals surface area (Å²) in [4.78, 5) is 0. The van der Waals surface area contributed by atoms with Gasteiger partial charge in [-0.3, -0.25) is 0 Å². The number of hydrogen-bond donors (Lipinski definition) is 3. The third-order valence-corrected chi connectivity index (χ3v) is 14.0. The van der Waals surface area contributed by atoms with Crippen LogP contribution in [0.4, 0.5) is 0 Å². The highest BCUT2D eigenvalue weighted by molar-refractivity contribution is 5.19. The van der Waals surface area contributed by atoms with E-state index in [2.05, 4.69) is 41.5 Å². The van der Waals surface area contributed by atoms with Gasteiger partial charge in [0.25, 0.3) is 0 Å². The molecule has 0 saturated heterocycles. The van der Waals surface area contributed by atoms with Crippen LogP contribution in [0.3, 0.4) is 0 Å². The molecular weight excluding hydrogens is 408 g/mol. The van der Waals surface area contributed by atoms with Gasteiger partial charge in [-0.15, -0.1) is 0 Å². The lowest BCUT2D eigenvalue weighted by Gasteiger charge is -2.73. The average Bonchev–Trinajstić information content (AvgIpc) is 3.17. The molecule has 0 spiro atoms. The average molecular weight is 461 g/mol. The van der Waals surface area contributed by atoms with Gasteiger partial charge in [-0.1, -0.05) is 41.5 Å². The Bertz CT molecular complexity index is 764. The molecular formula is C30H52O3. The summed E-state index contributed by atoms with van der Waals surface area (Å²) in [6.45, 7) is 15.5. The van der Waals surface area contributed by atoms with Gasteiger partial charge in [-0.05, 0) is 127 Å². The Hall–Kier alpha value is -0.120. The molecule has 0 radical (unpaired) electrons. The summed E-state index contributed by atoms with van der Waals surface area (Å²) in [7, 11) is 0. The van der Waals surface area contributed by atoms with Gasteiger partial charge in [0.05, 0.1) is 6.10 Å². The summed E-state index contributed by atoms with van der Waals surface area (Å²) < 4.78 is 0. The summed E-state index contributed by atoms with van der Waals surface area (Å²) in [5.41, 5.74) is 1.07. The van der Waals surface area contributed by atoms with Crippen molar-refractivity contribution in [2.45, 2.75) is 112 Å². The maximum absolute atomic E-state index is 10.9. The van der Waals surface area contributed by atoms with Crippen LogP contribution in [0.25, 0.3) is 0 Å². The summed E-state index contributed by atoms with van der Waals surface area (Å²) >= 11 is 0. The maximum Gasteiger partial charge on any atom is 0.0594 e. The fourth-order valence-electron chi connectivity index (χ4n) is 11.8. The van der Waals surface area contributed by atoms with Crippen LogP contribution in [0.15, 0.2) is 0 Å². The Morgan fingerprint density at radius 3 is 2.15 bits per heavy atom. The van der Waals surface area contributed by atoms with Crippen LogP contribution in [-0.2, 0) is 0 Å². The van der Waals surface area contributed by atoms with Gasteiger partial charge in [-0.2, -0.15) is 0 Å². The minimum Gasteiger partial charge on any atom is -0.396 e.